The molecule has 1 fully saturated rings. The molecule has 0 radical (unpaired) electrons. The average molecular weight is 389 g/mol. The Kier molecular flexibility index (Phi) is 9.32. The fourth-order valence-electron chi connectivity index (χ4n) is 3.48. The molecule has 0 bridgehead atoms. The molecule has 28 heavy (non-hydrogen) atoms. The minimum atomic E-state index is -0.718. The van der Waals surface area contributed by atoms with Gasteiger partial charge in [0.25, 0.3) is 0 Å². The van der Waals surface area contributed by atoms with Crippen LogP contribution in [0.2, 0.25) is 0 Å². The van der Waals surface area contributed by atoms with E-state index < -0.39 is 5.41 Å². The number of carbonyl (C=O) groups is 2. The van der Waals surface area contributed by atoms with Crippen LogP contribution in [0.15, 0.2) is 30.3 Å². The number of hydrazine groups is 1. The van der Waals surface area contributed by atoms with Gasteiger partial charge >= 0.3 is 5.97 Å². The van der Waals surface area contributed by atoms with E-state index in [2.05, 4.69) is 12.3 Å². The van der Waals surface area contributed by atoms with Gasteiger partial charge in [-0.2, -0.15) is 0 Å². The molecule has 1 heterocycles. The number of ether oxygens (including phenoxy) is 1. The summed E-state index contributed by atoms with van der Waals surface area (Å²) < 4.78 is 5.43. The van der Waals surface area contributed by atoms with Crippen LogP contribution in [0, 0.1) is 5.41 Å². The lowest BCUT2D eigenvalue weighted by Crippen LogP contribution is -2.35. The van der Waals surface area contributed by atoms with E-state index in [1.54, 1.807) is 0 Å². The van der Waals surface area contributed by atoms with Gasteiger partial charge in [0.15, 0.2) is 0 Å². The van der Waals surface area contributed by atoms with Crippen LogP contribution in [0.4, 0.5) is 5.69 Å². The van der Waals surface area contributed by atoms with E-state index in [1.165, 1.54) is 44.9 Å². The fourth-order valence-corrected chi connectivity index (χ4v) is 3.48. The highest BCUT2D eigenvalue weighted by Crippen LogP contribution is 2.28. The molecule has 0 aliphatic carbocycles. The number of nitrogens with zero attached hydrogens (tertiary/aromatic N) is 1. The summed E-state index contributed by atoms with van der Waals surface area (Å²) in [6.45, 7) is 4.69. The molecule has 156 valence electrons. The Morgan fingerprint density at radius 1 is 1.04 bits per heavy atom. The van der Waals surface area contributed by atoms with E-state index >= 15 is 0 Å². The molecule has 1 unspecified atom stereocenters. The third-order valence-corrected chi connectivity index (χ3v) is 5.40. The largest absolute Gasteiger partial charge is 0.464 e. The number of benzene rings is 1. The zero-order valence-electron chi connectivity index (χ0n) is 17.5. The van der Waals surface area contributed by atoms with Gasteiger partial charge in [0.2, 0.25) is 5.91 Å². The van der Waals surface area contributed by atoms with Crippen molar-refractivity contribution in [3.05, 3.63) is 30.3 Å². The molecule has 1 aliphatic rings. The summed E-state index contributed by atoms with van der Waals surface area (Å²) in [6, 6.07) is 9.70. The number of rotatable bonds is 13. The topological polar surface area (TPSA) is 58.6 Å². The number of anilines is 1. The van der Waals surface area contributed by atoms with E-state index in [-0.39, 0.29) is 18.5 Å². The number of amides is 1. The van der Waals surface area contributed by atoms with Crippen molar-refractivity contribution in [2.75, 3.05) is 18.2 Å². The van der Waals surface area contributed by atoms with Crippen molar-refractivity contribution in [1.29, 1.82) is 0 Å². The first kappa shape index (κ1) is 22.3. The van der Waals surface area contributed by atoms with Gasteiger partial charge in [-0.05, 0) is 25.5 Å². The smallest absolute Gasteiger partial charge is 0.305 e. The van der Waals surface area contributed by atoms with Crippen LogP contribution in [0.1, 0.15) is 78.1 Å². The van der Waals surface area contributed by atoms with Gasteiger partial charge in [0.05, 0.1) is 12.2 Å². The Hall–Kier alpha value is -2.04. The first-order chi connectivity index (χ1) is 13.5. The summed E-state index contributed by atoms with van der Waals surface area (Å²) in [4.78, 5) is 24.4. The molecule has 5 nitrogen and oxygen atoms in total. The SMILES string of the molecule is CCCCCCCCCCCC(=O)OCC1(C)CN(c2ccccc2)NC1=O. The van der Waals surface area contributed by atoms with Crippen molar-refractivity contribution >= 4 is 17.6 Å². The minimum absolute atomic E-state index is 0.104. The van der Waals surface area contributed by atoms with Crippen molar-refractivity contribution in [3.8, 4) is 0 Å². The minimum Gasteiger partial charge on any atom is -0.464 e. The highest BCUT2D eigenvalue weighted by Gasteiger charge is 2.43. The number of esters is 1. The Bertz CT molecular complexity index is 605. The normalized spacial score (nSPS) is 18.9. The maximum absolute atomic E-state index is 12.4. The van der Waals surface area contributed by atoms with E-state index in [0.717, 1.165) is 18.5 Å². The number of hydrogen-bond donors (Lipinski definition) is 1. The third-order valence-electron chi connectivity index (χ3n) is 5.40. The highest BCUT2D eigenvalue weighted by molar-refractivity contribution is 5.88. The Morgan fingerprint density at radius 2 is 1.64 bits per heavy atom. The highest BCUT2D eigenvalue weighted by atomic mass is 16.5. The van der Waals surface area contributed by atoms with Crippen LogP contribution < -0.4 is 10.4 Å². The Balaban J connectivity index is 1.60. The van der Waals surface area contributed by atoms with Crippen LogP contribution >= 0.6 is 0 Å². The Morgan fingerprint density at radius 3 is 2.29 bits per heavy atom. The molecule has 5 heteroatoms. The first-order valence-electron chi connectivity index (χ1n) is 10.8. The summed E-state index contributed by atoms with van der Waals surface area (Å²) in [5.41, 5.74) is 3.08. The molecule has 1 amide bonds. The van der Waals surface area contributed by atoms with Crippen molar-refractivity contribution in [3.63, 3.8) is 0 Å². The van der Waals surface area contributed by atoms with E-state index in [4.69, 9.17) is 4.74 Å². The summed E-state index contributed by atoms with van der Waals surface area (Å²) >= 11 is 0. The lowest BCUT2D eigenvalue weighted by Gasteiger charge is -2.21. The molecule has 0 saturated carbocycles. The van der Waals surface area contributed by atoms with Crippen molar-refractivity contribution in [2.24, 2.45) is 5.41 Å². The summed E-state index contributed by atoms with van der Waals surface area (Å²) in [5.74, 6) is -0.303. The average Bonchev–Trinajstić information content (AvgIpc) is 3.01. The molecule has 1 saturated heterocycles. The van der Waals surface area contributed by atoms with E-state index in [1.807, 2.05) is 42.3 Å². The van der Waals surface area contributed by atoms with Gasteiger partial charge in [-0.25, -0.2) is 0 Å². The molecule has 1 N–H and O–H groups in total. The number of nitrogens with one attached hydrogen (secondary N) is 1. The van der Waals surface area contributed by atoms with E-state index in [0.29, 0.717) is 13.0 Å². The molecule has 1 aromatic rings. The monoisotopic (exact) mass is 388 g/mol. The zero-order chi connectivity index (χ0) is 20.2. The number of hydrogen-bond acceptors (Lipinski definition) is 4. The third kappa shape index (κ3) is 7.17. The second kappa shape index (κ2) is 11.7. The van der Waals surface area contributed by atoms with E-state index in [9.17, 15) is 9.59 Å². The van der Waals surface area contributed by atoms with Crippen LogP contribution in [0.25, 0.3) is 0 Å². The maximum Gasteiger partial charge on any atom is 0.305 e. The number of carbonyl (C=O) groups excluding carboxylic acids is 2. The molecule has 1 aromatic carbocycles. The van der Waals surface area contributed by atoms with Crippen molar-refractivity contribution in [2.45, 2.75) is 78.1 Å². The first-order valence-corrected chi connectivity index (χ1v) is 10.8. The van der Waals surface area contributed by atoms with Gasteiger partial charge in [-0.1, -0.05) is 76.5 Å². The second-order valence-electron chi connectivity index (χ2n) is 8.16. The van der Waals surface area contributed by atoms with Crippen molar-refractivity contribution in [1.82, 2.24) is 5.43 Å². The molecule has 0 aromatic heterocycles. The molecular weight excluding hydrogens is 352 g/mol. The predicted molar refractivity (Wildman–Crippen MR) is 113 cm³/mol. The lowest BCUT2D eigenvalue weighted by atomic mass is 9.92. The van der Waals surface area contributed by atoms with Gasteiger partial charge in [0, 0.05) is 6.42 Å². The summed E-state index contributed by atoms with van der Waals surface area (Å²) in [7, 11) is 0. The number of para-hydroxylation sites is 1. The second-order valence-corrected chi connectivity index (χ2v) is 8.16. The molecule has 1 atom stereocenters. The predicted octanol–water partition coefficient (Wildman–Crippen LogP) is 5.01. The lowest BCUT2D eigenvalue weighted by molar-refractivity contribution is -0.148. The molecule has 1 aliphatic heterocycles. The van der Waals surface area contributed by atoms with Crippen molar-refractivity contribution < 1.29 is 14.3 Å². The van der Waals surface area contributed by atoms with Crippen LogP contribution in [-0.2, 0) is 14.3 Å². The molecular formula is C23H36N2O3. The van der Waals surface area contributed by atoms with Gasteiger partial charge in [0.1, 0.15) is 12.0 Å². The fraction of sp³-hybridized carbons (Fsp3) is 0.652. The zero-order valence-corrected chi connectivity index (χ0v) is 17.5. The standard InChI is InChI=1S/C23H36N2O3/c1-3-4-5-6-7-8-9-10-14-17-21(26)28-19-23(2)18-25(24-22(23)27)20-15-12-11-13-16-20/h11-13,15-16H,3-10,14,17-19H2,1-2H3,(H,24,27). The summed E-state index contributed by atoms with van der Waals surface area (Å²) in [5, 5.41) is 1.82. The van der Waals surface area contributed by atoms with Gasteiger partial charge in [-0.3, -0.25) is 20.0 Å². The van der Waals surface area contributed by atoms with Gasteiger partial charge < -0.3 is 4.74 Å². The van der Waals surface area contributed by atoms with Gasteiger partial charge in [-0.15, -0.1) is 0 Å². The number of unbranched alkanes of at least 4 members (excludes halogenated alkanes) is 8. The molecule has 0 spiro atoms. The summed E-state index contributed by atoms with van der Waals surface area (Å²) in [6.07, 6.45) is 11.4. The quantitative estimate of drug-likeness (QED) is 0.381. The van der Waals surface area contributed by atoms with Crippen LogP contribution in [0.5, 0.6) is 0 Å². The molecule has 2 rings (SSSR count). The Labute approximate surface area is 169 Å². The maximum atomic E-state index is 12.4. The van der Waals surface area contributed by atoms with Crippen LogP contribution in [0.3, 0.4) is 0 Å². The van der Waals surface area contributed by atoms with Crippen LogP contribution in [-0.4, -0.2) is 25.0 Å².